The lowest BCUT2D eigenvalue weighted by atomic mass is 9.83. The number of benzene rings is 1. The molecular formula is C16H20F6O2. The standard InChI is InChI=1S/C16H20F6O2/c1-3-9-13(23,10-4-2)11-5-7-12(8-6-11)14(24,15(17,18)19)16(20,21)22/h5-8,23-24H,3-4,9-10H2,1-2H3. The fraction of sp³-hybridized carbons (Fsp3) is 0.625. The molecule has 0 aromatic heterocycles. The van der Waals surface area contributed by atoms with Gasteiger partial charge in [0.1, 0.15) is 0 Å². The summed E-state index contributed by atoms with van der Waals surface area (Å²) in [5, 5.41) is 19.9. The zero-order valence-electron chi connectivity index (χ0n) is 13.3. The summed E-state index contributed by atoms with van der Waals surface area (Å²) in [7, 11) is 0. The summed E-state index contributed by atoms with van der Waals surface area (Å²) in [4.78, 5) is 0. The van der Waals surface area contributed by atoms with Crippen LogP contribution in [0.15, 0.2) is 24.3 Å². The van der Waals surface area contributed by atoms with Gasteiger partial charge in [0.15, 0.2) is 0 Å². The van der Waals surface area contributed by atoms with Crippen LogP contribution in [0.5, 0.6) is 0 Å². The molecule has 0 aliphatic heterocycles. The molecule has 1 aromatic carbocycles. The van der Waals surface area contributed by atoms with Gasteiger partial charge in [0.2, 0.25) is 0 Å². The first-order chi connectivity index (χ1) is 10.8. The number of hydrogen-bond acceptors (Lipinski definition) is 2. The van der Waals surface area contributed by atoms with E-state index < -0.39 is 29.1 Å². The molecule has 0 saturated carbocycles. The minimum Gasteiger partial charge on any atom is -0.385 e. The van der Waals surface area contributed by atoms with Crippen LogP contribution in [0.4, 0.5) is 26.3 Å². The summed E-state index contributed by atoms with van der Waals surface area (Å²) in [5.41, 5.74) is -7.38. The highest BCUT2D eigenvalue weighted by Gasteiger charge is 2.71. The van der Waals surface area contributed by atoms with E-state index in [0.717, 1.165) is 12.1 Å². The van der Waals surface area contributed by atoms with Crippen LogP contribution in [0, 0.1) is 0 Å². The average Bonchev–Trinajstić information content (AvgIpc) is 2.44. The second-order valence-corrected chi connectivity index (χ2v) is 5.81. The lowest BCUT2D eigenvalue weighted by molar-refractivity contribution is -0.376. The highest BCUT2D eigenvalue weighted by molar-refractivity contribution is 5.33. The summed E-state index contributed by atoms with van der Waals surface area (Å²) < 4.78 is 77.1. The topological polar surface area (TPSA) is 40.5 Å². The van der Waals surface area contributed by atoms with Crippen LogP contribution < -0.4 is 0 Å². The van der Waals surface area contributed by atoms with Crippen molar-refractivity contribution in [2.75, 3.05) is 0 Å². The van der Waals surface area contributed by atoms with E-state index in [1.807, 2.05) is 0 Å². The second kappa shape index (κ2) is 6.92. The van der Waals surface area contributed by atoms with Crippen LogP contribution in [0.2, 0.25) is 0 Å². The third kappa shape index (κ3) is 3.69. The van der Waals surface area contributed by atoms with Crippen LogP contribution in [-0.2, 0) is 11.2 Å². The third-order valence-electron chi connectivity index (χ3n) is 3.99. The van der Waals surface area contributed by atoms with Gasteiger partial charge in [-0.1, -0.05) is 51.0 Å². The van der Waals surface area contributed by atoms with Crippen LogP contribution >= 0.6 is 0 Å². The minimum absolute atomic E-state index is 0.224. The Kier molecular flexibility index (Phi) is 5.98. The molecule has 0 spiro atoms. The monoisotopic (exact) mass is 358 g/mol. The maximum atomic E-state index is 12.8. The fourth-order valence-electron chi connectivity index (χ4n) is 2.75. The molecule has 0 aliphatic rings. The Balaban J connectivity index is 3.35. The first-order valence-corrected chi connectivity index (χ1v) is 7.52. The van der Waals surface area contributed by atoms with Crippen molar-refractivity contribution in [3.8, 4) is 0 Å². The first kappa shape index (κ1) is 20.8. The molecule has 1 rings (SSSR count). The van der Waals surface area contributed by atoms with Gasteiger partial charge in [-0.15, -0.1) is 0 Å². The van der Waals surface area contributed by atoms with Gasteiger partial charge in [-0.25, -0.2) is 0 Å². The van der Waals surface area contributed by atoms with E-state index in [-0.39, 0.29) is 5.56 Å². The van der Waals surface area contributed by atoms with Gasteiger partial charge in [-0.2, -0.15) is 26.3 Å². The molecule has 0 fully saturated rings. The molecule has 24 heavy (non-hydrogen) atoms. The van der Waals surface area contributed by atoms with Crippen molar-refractivity contribution in [3.63, 3.8) is 0 Å². The van der Waals surface area contributed by atoms with Crippen LogP contribution in [0.25, 0.3) is 0 Å². The van der Waals surface area contributed by atoms with E-state index in [1.165, 1.54) is 0 Å². The molecule has 0 aliphatic carbocycles. The molecule has 0 bridgehead atoms. The maximum absolute atomic E-state index is 12.8. The van der Waals surface area contributed by atoms with Crippen molar-refractivity contribution < 1.29 is 36.6 Å². The molecule has 0 radical (unpaired) electrons. The summed E-state index contributed by atoms with van der Waals surface area (Å²) >= 11 is 0. The van der Waals surface area contributed by atoms with E-state index in [9.17, 15) is 36.6 Å². The molecule has 0 saturated heterocycles. The zero-order chi connectivity index (χ0) is 18.8. The van der Waals surface area contributed by atoms with Crippen molar-refractivity contribution in [1.82, 2.24) is 0 Å². The molecule has 138 valence electrons. The van der Waals surface area contributed by atoms with Crippen LogP contribution in [-0.4, -0.2) is 22.6 Å². The smallest absolute Gasteiger partial charge is 0.385 e. The predicted molar refractivity (Wildman–Crippen MR) is 76.2 cm³/mol. The van der Waals surface area contributed by atoms with Crippen molar-refractivity contribution in [3.05, 3.63) is 35.4 Å². The first-order valence-electron chi connectivity index (χ1n) is 7.52. The SMILES string of the molecule is CCCC(O)(CCC)c1ccc(C(O)(C(F)(F)F)C(F)(F)F)cc1. The Bertz CT molecular complexity index is 513. The summed E-state index contributed by atoms with van der Waals surface area (Å²) in [6, 6.07) is 3.13. The van der Waals surface area contributed by atoms with Gasteiger partial charge in [0.05, 0.1) is 5.60 Å². The Hall–Kier alpha value is -1.28. The van der Waals surface area contributed by atoms with Gasteiger partial charge in [0.25, 0.3) is 5.60 Å². The Morgan fingerprint density at radius 3 is 1.33 bits per heavy atom. The lowest BCUT2D eigenvalue weighted by Gasteiger charge is -2.33. The third-order valence-corrected chi connectivity index (χ3v) is 3.99. The van der Waals surface area contributed by atoms with Crippen molar-refractivity contribution in [2.45, 2.75) is 63.1 Å². The van der Waals surface area contributed by atoms with Gasteiger partial charge in [0, 0.05) is 5.56 Å². The van der Waals surface area contributed by atoms with Gasteiger partial charge in [-0.05, 0) is 18.4 Å². The van der Waals surface area contributed by atoms with Crippen molar-refractivity contribution >= 4 is 0 Å². The van der Waals surface area contributed by atoms with Crippen molar-refractivity contribution in [2.24, 2.45) is 0 Å². The number of alkyl halides is 6. The average molecular weight is 358 g/mol. The highest BCUT2D eigenvalue weighted by atomic mass is 19.4. The van der Waals surface area contributed by atoms with Crippen LogP contribution in [0.1, 0.15) is 50.7 Å². The lowest BCUT2D eigenvalue weighted by Crippen LogP contribution is -2.53. The Labute approximate surface area is 136 Å². The molecule has 0 amide bonds. The molecule has 2 N–H and O–H groups in total. The number of halogens is 6. The summed E-state index contributed by atoms with van der Waals surface area (Å²) in [6.45, 7) is 3.61. The summed E-state index contributed by atoms with van der Waals surface area (Å²) in [6.07, 6.45) is -10.0. The van der Waals surface area contributed by atoms with Gasteiger partial charge >= 0.3 is 12.4 Å². The van der Waals surface area contributed by atoms with E-state index in [2.05, 4.69) is 0 Å². The number of rotatable bonds is 6. The molecule has 1 aromatic rings. The van der Waals surface area contributed by atoms with E-state index in [4.69, 9.17) is 0 Å². The van der Waals surface area contributed by atoms with E-state index >= 15 is 0 Å². The van der Waals surface area contributed by atoms with Gasteiger partial charge < -0.3 is 10.2 Å². The largest absolute Gasteiger partial charge is 0.430 e. The quantitative estimate of drug-likeness (QED) is 0.718. The molecule has 8 heteroatoms. The van der Waals surface area contributed by atoms with Gasteiger partial charge in [-0.3, -0.25) is 0 Å². The highest BCUT2D eigenvalue weighted by Crippen LogP contribution is 2.50. The Morgan fingerprint density at radius 1 is 0.708 bits per heavy atom. The molecule has 0 unspecified atom stereocenters. The van der Waals surface area contributed by atoms with E-state index in [0.29, 0.717) is 37.8 Å². The normalized spacial score (nSPS) is 14.1. The maximum Gasteiger partial charge on any atom is 0.430 e. The van der Waals surface area contributed by atoms with Crippen molar-refractivity contribution in [1.29, 1.82) is 0 Å². The predicted octanol–water partition coefficient (Wildman–Crippen LogP) is 4.79. The molecule has 0 atom stereocenters. The summed E-state index contributed by atoms with van der Waals surface area (Å²) in [5.74, 6) is 0. The zero-order valence-corrected chi connectivity index (χ0v) is 13.3. The number of hydrogen-bond donors (Lipinski definition) is 2. The van der Waals surface area contributed by atoms with E-state index in [1.54, 1.807) is 13.8 Å². The molecule has 0 heterocycles. The minimum atomic E-state index is -5.92. The Morgan fingerprint density at radius 2 is 1.04 bits per heavy atom. The molecular weight excluding hydrogens is 338 g/mol. The fourth-order valence-corrected chi connectivity index (χ4v) is 2.75. The van der Waals surface area contributed by atoms with Crippen LogP contribution in [0.3, 0.4) is 0 Å². The second-order valence-electron chi connectivity index (χ2n) is 5.81. The molecule has 2 nitrogen and oxygen atoms in total. The number of aliphatic hydroxyl groups is 2.